The van der Waals surface area contributed by atoms with Gasteiger partial charge in [0.15, 0.2) is 0 Å². The summed E-state index contributed by atoms with van der Waals surface area (Å²) >= 11 is 0. The average molecular weight is 222 g/mol. The molecule has 0 saturated carbocycles. The van der Waals surface area contributed by atoms with Crippen molar-refractivity contribution in [2.45, 2.75) is 6.92 Å². The van der Waals surface area contributed by atoms with Gasteiger partial charge in [-0.15, -0.1) is 12.4 Å². The zero-order valence-corrected chi connectivity index (χ0v) is 9.05. The lowest BCUT2D eigenvalue weighted by Crippen LogP contribution is -2.37. The van der Waals surface area contributed by atoms with E-state index in [9.17, 15) is 4.79 Å². The molecule has 4 nitrogen and oxygen atoms in total. The normalized spacial score (nSPS) is 18.8. The third-order valence-electron chi connectivity index (χ3n) is 1.95. The Hall–Kier alpha value is -0.580. The first-order valence-electron chi connectivity index (χ1n) is 4.38. The molecule has 1 heterocycles. The van der Waals surface area contributed by atoms with Gasteiger partial charge in [-0.3, -0.25) is 4.90 Å². The van der Waals surface area contributed by atoms with Crippen molar-refractivity contribution < 1.29 is 14.6 Å². The van der Waals surface area contributed by atoms with E-state index in [0.717, 1.165) is 38.4 Å². The highest BCUT2D eigenvalue weighted by Gasteiger charge is 2.10. The fourth-order valence-corrected chi connectivity index (χ4v) is 1.37. The molecule has 0 spiro atoms. The molecular formula is C9H16ClNO3. The number of aliphatic carboxylic acids is 1. The molecule has 0 unspecified atom stereocenters. The van der Waals surface area contributed by atoms with Crippen LogP contribution < -0.4 is 0 Å². The first kappa shape index (κ1) is 13.4. The van der Waals surface area contributed by atoms with E-state index < -0.39 is 5.97 Å². The molecule has 0 aliphatic carbocycles. The molecule has 5 heteroatoms. The average Bonchev–Trinajstić information content (AvgIpc) is 2.04. The number of carboxylic acids is 1. The molecule has 1 fully saturated rings. The zero-order valence-electron chi connectivity index (χ0n) is 8.23. The Bertz CT molecular complexity index is 212. The van der Waals surface area contributed by atoms with Crippen molar-refractivity contribution in [1.82, 2.24) is 4.90 Å². The van der Waals surface area contributed by atoms with Gasteiger partial charge in [0.1, 0.15) is 0 Å². The van der Waals surface area contributed by atoms with Gasteiger partial charge < -0.3 is 9.84 Å². The number of hydrogen-bond donors (Lipinski definition) is 1. The Morgan fingerprint density at radius 2 is 2.07 bits per heavy atom. The Labute approximate surface area is 89.9 Å². The lowest BCUT2D eigenvalue weighted by Gasteiger charge is -2.26. The van der Waals surface area contributed by atoms with Crippen LogP contribution in [0.2, 0.25) is 0 Å². The summed E-state index contributed by atoms with van der Waals surface area (Å²) in [4.78, 5) is 12.5. The molecule has 0 atom stereocenters. The lowest BCUT2D eigenvalue weighted by atomic mass is 10.2. The fraction of sp³-hybridized carbons (Fsp3) is 0.667. The van der Waals surface area contributed by atoms with Gasteiger partial charge in [0.05, 0.1) is 13.2 Å². The highest BCUT2D eigenvalue weighted by Crippen LogP contribution is 2.01. The predicted molar refractivity (Wildman–Crippen MR) is 55.9 cm³/mol. The highest BCUT2D eigenvalue weighted by molar-refractivity contribution is 5.85. The molecule has 0 bridgehead atoms. The number of carboxylic acid groups (broad SMARTS) is 1. The second-order valence-electron chi connectivity index (χ2n) is 3.22. The first-order valence-corrected chi connectivity index (χ1v) is 4.38. The van der Waals surface area contributed by atoms with Crippen LogP contribution in [-0.2, 0) is 9.53 Å². The van der Waals surface area contributed by atoms with Crippen LogP contribution in [0.5, 0.6) is 0 Å². The molecule has 1 saturated heterocycles. The molecule has 0 amide bonds. The van der Waals surface area contributed by atoms with E-state index in [4.69, 9.17) is 9.84 Å². The molecule has 82 valence electrons. The molecule has 1 aliphatic rings. The van der Waals surface area contributed by atoms with Gasteiger partial charge in [0.2, 0.25) is 0 Å². The molecule has 1 N–H and O–H groups in total. The van der Waals surface area contributed by atoms with Gasteiger partial charge in [-0.25, -0.2) is 4.79 Å². The molecule has 1 rings (SSSR count). The number of hydrogen-bond acceptors (Lipinski definition) is 3. The Balaban J connectivity index is 0.00000169. The summed E-state index contributed by atoms with van der Waals surface area (Å²) in [6, 6.07) is 0. The van der Waals surface area contributed by atoms with Crippen LogP contribution in [0.4, 0.5) is 0 Å². The molecular weight excluding hydrogens is 206 g/mol. The number of ether oxygens (including phenoxy) is 1. The zero-order chi connectivity index (χ0) is 9.68. The molecule has 0 aromatic rings. The van der Waals surface area contributed by atoms with Crippen molar-refractivity contribution in [3.05, 3.63) is 11.6 Å². The Morgan fingerprint density at radius 1 is 1.50 bits per heavy atom. The van der Waals surface area contributed by atoms with Gasteiger partial charge in [0, 0.05) is 25.7 Å². The van der Waals surface area contributed by atoms with Gasteiger partial charge in [-0.1, -0.05) is 5.57 Å². The monoisotopic (exact) mass is 221 g/mol. The van der Waals surface area contributed by atoms with Crippen molar-refractivity contribution in [3.63, 3.8) is 0 Å². The van der Waals surface area contributed by atoms with Crippen LogP contribution >= 0.6 is 12.4 Å². The Kier molecular flexibility index (Phi) is 6.53. The molecule has 0 aromatic carbocycles. The Morgan fingerprint density at radius 3 is 2.57 bits per heavy atom. The van der Waals surface area contributed by atoms with Crippen LogP contribution in [-0.4, -0.2) is 48.8 Å². The van der Waals surface area contributed by atoms with Crippen molar-refractivity contribution in [2.24, 2.45) is 0 Å². The van der Waals surface area contributed by atoms with Crippen molar-refractivity contribution >= 4 is 18.4 Å². The summed E-state index contributed by atoms with van der Waals surface area (Å²) < 4.78 is 5.18. The predicted octanol–water partition coefficient (Wildman–Crippen LogP) is 0.771. The quantitative estimate of drug-likeness (QED) is 0.716. The SMILES string of the molecule is C/C(=C\C(=O)O)CN1CCOCC1.Cl. The molecule has 1 aliphatic heterocycles. The second-order valence-corrected chi connectivity index (χ2v) is 3.22. The minimum absolute atomic E-state index is 0. The summed E-state index contributed by atoms with van der Waals surface area (Å²) in [5.74, 6) is -0.870. The highest BCUT2D eigenvalue weighted by atomic mass is 35.5. The van der Waals surface area contributed by atoms with Gasteiger partial charge in [-0.2, -0.15) is 0 Å². The third kappa shape index (κ3) is 5.21. The van der Waals surface area contributed by atoms with Gasteiger partial charge >= 0.3 is 5.97 Å². The van der Waals surface area contributed by atoms with E-state index in [1.165, 1.54) is 6.08 Å². The lowest BCUT2D eigenvalue weighted by molar-refractivity contribution is -0.131. The summed E-state index contributed by atoms with van der Waals surface area (Å²) in [6.07, 6.45) is 1.26. The summed E-state index contributed by atoms with van der Waals surface area (Å²) in [7, 11) is 0. The van der Waals surface area contributed by atoms with Gasteiger partial charge in [0.25, 0.3) is 0 Å². The minimum Gasteiger partial charge on any atom is -0.478 e. The summed E-state index contributed by atoms with van der Waals surface area (Å²) in [5, 5.41) is 8.49. The number of nitrogens with zero attached hydrogens (tertiary/aromatic N) is 1. The van der Waals surface area contributed by atoms with Crippen LogP contribution in [0, 0.1) is 0 Å². The van der Waals surface area contributed by atoms with Gasteiger partial charge in [-0.05, 0) is 6.92 Å². The second kappa shape index (κ2) is 6.81. The maximum absolute atomic E-state index is 10.3. The first-order chi connectivity index (χ1) is 6.18. The molecule has 0 aromatic heterocycles. The van der Waals surface area contributed by atoms with E-state index in [1.54, 1.807) is 0 Å². The fourth-order valence-electron chi connectivity index (χ4n) is 1.37. The number of rotatable bonds is 3. The van der Waals surface area contributed by atoms with Crippen LogP contribution in [0.25, 0.3) is 0 Å². The number of carbonyl (C=O) groups is 1. The van der Waals surface area contributed by atoms with Crippen LogP contribution in [0.1, 0.15) is 6.92 Å². The standard InChI is InChI=1S/C9H15NO3.ClH/c1-8(6-9(11)12)7-10-2-4-13-5-3-10;/h6H,2-5,7H2,1H3,(H,11,12);1H/b8-6+;. The number of morpholine rings is 1. The number of halogens is 1. The maximum atomic E-state index is 10.3. The van der Waals surface area contributed by atoms with E-state index >= 15 is 0 Å². The largest absolute Gasteiger partial charge is 0.478 e. The summed E-state index contributed by atoms with van der Waals surface area (Å²) in [5.41, 5.74) is 0.884. The van der Waals surface area contributed by atoms with Crippen molar-refractivity contribution in [3.8, 4) is 0 Å². The maximum Gasteiger partial charge on any atom is 0.328 e. The topological polar surface area (TPSA) is 49.8 Å². The van der Waals surface area contributed by atoms with Crippen LogP contribution in [0.3, 0.4) is 0 Å². The minimum atomic E-state index is -0.870. The van der Waals surface area contributed by atoms with E-state index in [0.29, 0.717) is 0 Å². The molecule has 0 radical (unpaired) electrons. The summed E-state index contributed by atoms with van der Waals surface area (Å²) in [6.45, 7) is 5.86. The third-order valence-corrected chi connectivity index (χ3v) is 1.95. The van der Waals surface area contributed by atoms with Crippen molar-refractivity contribution in [2.75, 3.05) is 32.8 Å². The molecule has 14 heavy (non-hydrogen) atoms. The van der Waals surface area contributed by atoms with E-state index in [1.807, 2.05) is 6.92 Å². The smallest absolute Gasteiger partial charge is 0.328 e. The van der Waals surface area contributed by atoms with Crippen molar-refractivity contribution in [1.29, 1.82) is 0 Å². The van der Waals surface area contributed by atoms with Crippen LogP contribution in [0.15, 0.2) is 11.6 Å². The van der Waals surface area contributed by atoms with E-state index in [2.05, 4.69) is 4.90 Å². The van der Waals surface area contributed by atoms with E-state index in [-0.39, 0.29) is 12.4 Å².